The minimum Gasteiger partial charge on any atom is -0.478 e. The fourth-order valence-electron chi connectivity index (χ4n) is 1.56. The number of hydrogen-bond acceptors (Lipinski definition) is 3. The Hall–Kier alpha value is -2.70. The predicted octanol–water partition coefficient (Wildman–Crippen LogP) is 0.422. The van der Waals surface area contributed by atoms with Crippen LogP contribution >= 0.6 is 0 Å². The number of halogens is 1. The van der Waals surface area contributed by atoms with Crippen LogP contribution in [0.3, 0.4) is 0 Å². The molecule has 0 atom stereocenters. The molecular weight excluding hydrogens is 255 g/mol. The summed E-state index contributed by atoms with van der Waals surface area (Å²) in [7, 11) is 0. The lowest BCUT2D eigenvalue weighted by atomic mass is 10.1. The Labute approximate surface area is 105 Å². The van der Waals surface area contributed by atoms with Gasteiger partial charge in [0.2, 0.25) is 0 Å². The molecule has 0 bridgehead atoms. The molecule has 0 fully saturated rings. The molecule has 0 aliphatic carbocycles. The van der Waals surface area contributed by atoms with Crippen LogP contribution in [0.25, 0.3) is 0 Å². The summed E-state index contributed by atoms with van der Waals surface area (Å²) in [4.78, 5) is 33.2. The summed E-state index contributed by atoms with van der Waals surface area (Å²) in [5.74, 6) is -1.99. The lowest BCUT2D eigenvalue weighted by Gasteiger charge is -2.06. The minimum absolute atomic E-state index is 0.106. The molecule has 2 N–H and O–H groups in total. The molecule has 0 aliphatic rings. The van der Waals surface area contributed by atoms with Crippen molar-refractivity contribution in [2.24, 2.45) is 0 Å². The van der Waals surface area contributed by atoms with Gasteiger partial charge in [0.1, 0.15) is 5.82 Å². The first-order valence-electron chi connectivity index (χ1n) is 5.29. The Morgan fingerprint density at radius 3 is 2.63 bits per heavy atom. The summed E-state index contributed by atoms with van der Waals surface area (Å²) in [6.07, 6.45) is 0. The third-order valence-electron chi connectivity index (χ3n) is 2.52. The first-order valence-corrected chi connectivity index (χ1v) is 5.29. The zero-order valence-corrected chi connectivity index (χ0v) is 9.59. The van der Waals surface area contributed by atoms with Crippen molar-refractivity contribution in [1.82, 2.24) is 9.78 Å². The van der Waals surface area contributed by atoms with Crippen LogP contribution in [0, 0.1) is 5.82 Å². The van der Waals surface area contributed by atoms with Gasteiger partial charge in [0.15, 0.2) is 0 Å². The number of nitrogens with one attached hydrogen (secondary N) is 1. The highest BCUT2D eigenvalue weighted by Crippen LogP contribution is 2.11. The molecule has 1 aromatic carbocycles. The van der Waals surface area contributed by atoms with E-state index >= 15 is 0 Å². The lowest BCUT2D eigenvalue weighted by molar-refractivity contribution is 0.0696. The summed E-state index contributed by atoms with van der Waals surface area (Å²) < 4.78 is 14.6. The summed E-state index contributed by atoms with van der Waals surface area (Å²) in [5.41, 5.74) is -1.05. The molecule has 0 aliphatic heterocycles. The molecule has 0 unspecified atom stereocenters. The van der Waals surface area contributed by atoms with Crippen LogP contribution in [0.2, 0.25) is 0 Å². The van der Waals surface area contributed by atoms with Crippen molar-refractivity contribution in [2.45, 2.75) is 6.54 Å². The highest BCUT2D eigenvalue weighted by atomic mass is 19.1. The fourth-order valence-corrected chi connectivity index (χ4v) is 1.56. The van der Waals surface area contributed by atoms with Crippen LogP contribution in [0.5, 0.6) is 0 Å². The van der Waals surface area contributed by atoms with Gasteiger partial charge in [-0.05, 0) is 12.1 Å². The molecule has 0 amide bonds. The second-order valence-electron chi connectivity index (χ2n) is 3.85. The van der Waals surface area contributed by atoms with Crippen LogP contribution in [0.1, 0.15) is 15.9 Å². The molecule has 7 heteroatoms. The summed E-state index contributed by atoms with van der Waals surface area (Å²) in [6.45, 7) is -0.180. The molecule has 19 heavy (non-hydrogen) atoms. The largest absolute Gasteiger partial charge is 0.478 e. The van der Waals surface area contributed by atoms with Gasteiger partial charge in [0.05, 0.1) is 12.1 Å². The second-order valence-corrected chi connectivity index (χ2v) is 3.85. The molecule has 6 nitrogen and oxygen atoms in total. The third kappa shape index (κ3) is 2.76. The molecule has 0 saturated carbocycles. The Kier molecular flexibility index (Phi) is 3.28. The number of aromatic nitrogens is 2. The average Bonchev–Trinajstić information content (AvgIpc) is 2.36. The molecule has 98 valence electrons. The summed E-state index contributed by atoms with van der Waals surface area (Å²) in [6, 6.07) is 5.50. The van der Waals surface area contributed by atoms with E-state index < -0.39 is 22.9 Å². The number of aromatic amines is 1. The zero-order chi connectivity index (χ0) is 14.0. The minimum atomic E-state index is -1.24. The van der Waals surface area contributed by atoms with E-state index in [1.165, 1.54) is 12.1 Å². The number of rotatable bonds is 3. The predicted molar refractivity (Wildman–Crippen MR) is 63.8 cm³/mol. The maximum Gasteiger partial charge on any atom is 0.335 e. The van der Waals surface area contributed by atoms with E-state index in [1.54, 1.807) is 0 Å². The topological polar surface area (TPSA) is 92.2 Å². The number of nitrogens with zero attached hydrogens (tertiary/aromatic N) is 1. The van der Waals surface area contributed by atoms with E-state index in [1.807, 2.05) is 0 Å². The number of hydrogen-bond donors (Lipinski definition) is 2. The van der Waals surface area contributed by atoms with Gasteiger partial charge in [-0.1, -0.05) is 6.07 Å². The lowest BCUT2D eigenvalue weighted by Crippen LogP contribution is -2.28. The van der Waals surface area contributed by atoms with Crippen molar-refractivity contribution >= 4 is 5.97 Å². The maximum atomic E-state index is 13.7. The normalized spacial score (nSPS) is 10.4. The van der Waals surface area contributed by atoms with Gasteiger partial charge in [-0.2, -0.15) is 0 Å². The smallest absolute Gasteiger partial charge is 0.335 e. The van der Waals surface area contributed by atoms with Crippen molar-refractivity contribution in [2.75, 3.05) is 0 Å². The number of carboxylic acids is 1. The van der Waals surface area contributed by atoms with Gasteiger partial charge >= 0.3 is 5.97 Å². The third-order valence-corrected chi connectivity index (χ3v) is 2.52. The van der Waals surface area contributed by atoms with E-state index in [2.05, 4.69) is 5.10 Å². The van der Waals surface area contributed by atoms with Crippen LogP contribution in [0.15, 0.2) is 39.9 Å². The van der Waals surface area contributed by atoms with E-state index in [0.29, 0.717) is 0 Å². The molecule has 0 radical (unpaired) electrons. The van der Waals surface area contributed by atoms with Crippen molar-refractivity contribution in [3.05, 3.63) is 68.0 Å². The first kappa shape index (κ1) is 12.7. The molecule has 1 heterocycles. The Morgan fingerprint density at radius 1 is 1.26 bits per heavy atom. The van der Waals surface area contributed by atoms with Gasteiger partial charge in [-0.15, -0.1) is 0 Å². The first-order chi connectivity index (χ1) is 8.97. The Morgan fingerprint density at radius 2 is 2.00 bits per heavy atom. The van der Waals surface area contributed by atoms with Gasteiger partial charge < -0.3 is 5.11 Å². The molecule has 2 rings (SSSR count). The Bertz CT molecular complexity index is 748. The van der Waals surface area contributed by atoms with Crippen LogP contribution in [0.4, 0.5) is 4.39 Å². The molecule has 0 spiro atoms. The van der Waals surface area contributed by atoms with Gasteiger partial charge in [-0.3, -0.25) is 14.7 Å². The number of carbonyl (C=O) groups is 1. The van der Waals surface area contributed by atoms with Crippen LogP contribution in [-0.4, -0.2) is 20.9 Å². The van der Waals surface area contributed by atoms with E-state index in [9.17, 15) is 18.8 Å². The SMILES string of the molecule is O=C(O)c1ccc(Cn2[nH]c(=O)ccc2=O)c(F)c1. The van der Waals surface area contributed by atoms with Crippen molar-refractivity contribution in [3.8, 4) is 0 Å². The summed E-state index contributed by atoms with van der Waals surface area (Å²) >= 11 is 0. The Balaban J connectivity index is 2.39. The highest BCUT2D eigenvalue weighted by Gasteiger charge is 2.09. The molecule has 2 aromatic rings. The monoisotopic (exact) mass is 264 g/mol. The van der Waals surface area contributed by atoms with E-state index in [0.717, 1.165) is 22.9 Å². The number of aromatic carboxylic acids is 1. The molecule has 0 saturated heterocycles. The standard InChI is InChI=1S/C12H9FN2O4/c13-9-5-7(12(18)19)1-2-8(9)6-15-11(17)4-3-10(16)14-15/h1-5H,6H2,(H,14,16)(H,18,19). The number of benzene rings is 1. The highest BCUT2D eigenvalue weighted by molar-refractivity contribution is 5.87. The van der Waals surface area contributed by atoms with Gasteiger partial charge in [0.25, 0.3) is 11.1 Å². The number of H-pyrrole nitrogens is 1. The fraction of sp³-hybridized carbons (Fsp3) is 0.0833. The molecular formula is C12H9FN2O4. The van der Waals surface area contributed by atoms with Gasteiger partial charge in [0, 0.05) is 17.7 Å². The quantitative estimate of drug-likeness (QED) is 0.840. The maximum absolute atomic E-state index is 13.7. The zero-order valence-electron chi connectivity index (χ0n) is 9.59. The van der Waals surface area contributed by atoms with Crippen molar-refractivity contribution < 1.29 is 14.3 Å². The number of carboxylic acid groups (broad SMARTS) is 1. The van der Waals surface area contributed by atoms with E-state index in [-0.39, 0.29) is 17.7 Å². The van der Waals surface area contributed by atoms with Crippen molar-refractivity contribution in [1.29, 1.82) is 0 Å². The summed E-state index contributed by atoms with van der Waals surface area (Å²) in [5, 5.41) is 11.0. The van der Waals surface area contributed by atoms with Crippen molar-refractivity contribution in [3.63, 3.8) is 0 Å². The van der Waals surface area contributed by atoms with Crippen LogP contribution in [-0.2, 0) is 6.54 Å². The molecule has 1 aromatic heterocycles. The second kappa shape index (κ2) is 4.89. The van der Waals surface area contributed by atoms with E-state index in [4.69, 9.17) is 5.11 Å². The van der Waals surface area contributed by atoms with Crippen LogP contribution < -0.4 is 11.1 Å². The van der Waals surface area contributed by atoms with Gasteiger partial charge in [-0.25, -0.2) is 13.9 Å². The average molecular weight is 264 g/mol.